The summed E-state index contributed by atoms with van der Waals surface area (Å²) in [5, 5.41) is 12.8. The summed E-state index contributed by atoms with van der Waals surface area (Å²) >= 11 is 0. The molecule has 0 unspecified atom stereocenters. The van der Waals surface area contributed by atoms with Crippen molar-refractivity contribution in [1.29, 1.82) is 0 Å². The van der Waals surface area contributed by atoms with Gasteiger partial charge in [0.2, 0.25) is 5.91 Å². The molecule has 0 saturated heterocycles. The minimum absolute atomic E-state index is 0.228. The Balaban J connectivity index is 2.20. The lowest BCUT2D eigenvalue weighted by Crippen LogP contribution is -2.39. The fraction of sp³-hybridized carbons (Fsp3) is 0.300. The number of imide groups is 1. The topological polar surface area (TPSA) is 109 Å². The van der Waals surface area contributed by atoms with Gasteiger partial charge < -0.3 is 14.8 Å². The maximum atomic E-state index is 11.2. The van der Waals surface area contributed by atoms with Crippen LogP contribution in [0.25, 0.3) is 0 Å². The Hall–Kier alpha value is -2.31. The van der Waals surface area contributed by atoms with Crippen LogP contribution < -0.4 is 10.6 Å². The van der Waals surface area contributed by atoms with Crippen LogP contribution in [0.3, 0.4) is 0 Å². The number of amides is 3. The molecule has 3 N–H and O–H groups in total. The number of hydrogen-bond donors (Lipinski definition) is 3. The Bertz CT molecular complexity index is 399. The van der Waals surface area contributed by atoms with Gasteiger partial charge in [-0.25, -0.2) is 4.79 Å². The van der Waals surface area contributed by atoms with Crippen LogP contribution in [0.1, 0.15) is 18.4 Å². The monoisotopic (exact) mass is 240 g/mol. The van der Waals surface area contributed by atoms with Gasteiger partial charge in [0.25, 0.3) is 0 Å². The predicted octanol–water partition coefficient (Wildman–Crippen LogP) is 0.470. The lowest BCUT2D eigenvalue weighted by atomic mass is 10.3. The number of carbonyl (C=O) groups excluding carboxylic acids is 2. The summed E-state index contributed by atoms with van der Waals surface area (Å²) in [5.74, 6) is -1.71. The van der Waals surface area contributed by atoms with Crippen LogP contribution in [-0.2, 0) is 16.1 Å². The second-order valence-corrected chi connectivity index (χ2v) is 3.26. The van der Waals surface area contributed by atoms with E-state index in [1.807, 2.05) is 5.32 Å². The van der Waals surface area contributed by atoms with Crippen molar-refractivity contribution in [3.8, 4) is 0 Å². The highest BCUT2D eigenvalue weighted by molar-refractivity contribution is 5.95. The second-order valence-electron chi connectivity index (χ2n) is 3.26. The molecule has 1 rings (SSSR count). The zero-order valence-electron chi connectivity index (χ0n) is 8.93. The van der Waals surface area contributed by atoms with Gasteiger partial charge in [0, 0.05) is 18.5 Å². The molecule has 0 radical (unpaired) electrons. The van der Waals surface area contributed by atoms with E-state index in [4.69, 9.17) is 9.52 Å². The SMILES string of the molecule is O=C(O)CCC(=O)NC(=O)NCc1ccoc1. The predicted molar refractivity (Wildman–Crippen MR) is 56.0 cm³/mol. The van der Waals surface area contributed by atoms with Gasteiger partial charge >= 0.3 is 12.0 Å². The van der Waals surface area contributed by atoms with Gasteiger partial charge in [0.15, 0.2) is 0 Å². The molecule has 0 aliphatic heterocycles. The summed E-state index contributed by atoms with van der Waals surface area (Å²) in [5.41, 5.74) is 0.762. The number of rotatable bonds is 5. The minimum atomic E-state index is -1.08. The van der Waals surface area contributed by atoms with Crippen LogP contribution >= 0.6 is 0 Å². The number of urea groups is 1. The maximum Gasteiger partial charge on any atom is 0.321 e. The normalized spacial score (nSPS) is 9.65. The molecular formula is C10H12N2O5. The highest BCUT2D eigenvalue weighted by Gasteiger charge is 2.09. The molecule has 7 heteroatoms. The number of furan rings is 1. The molecule has 0 spiro atoms. The summed E-state index contributed by atoms with van der Waals surface area (Å²) in [6.07, 6.45) is 2.40. The molecule has 3 amide bonds. The summed E-state index contributed by atoms with van der Waals surface area (Å²) in [4.78, 5) is 32.4. The number of carbonyl (C=O) groups is 3. The molecule has 0 aromatic carbocycles. The summed E-state index contributed by atoms with van der Waals surface area (Å²) in [7, 11) is 0. The molecule has 0 aliphatic rings. The molecule has 7 nitrogen and oxygen atoms in total. The first kappa shape index (κ1) is 12.8. The van der Waals surface area contributed by atoms with Crippen molar-refractivity contribution in [1.82, 2.24) is 10.6 Å². The molecule has 0 bridgehead atoms. The van der Waals surface area contributed by atoms with E-state index in [1.165, 1.54) is 12.5 Å². The molecule has 0 fully saturated rings. The van der Waals surface area contributed by atoms with E-state index < -0.39 is 17.9 Å². The molecule has 1 aromatic heterocycles. The average Bonchev–Trinajstić information content (AvgIpc) is 2.76. The number of aliphatic carboxylic acids is 1. The van der Waals surface area contributed by atoms with Crippen molar-refractivity contribution < 1.29 is 23.9 Å². The number of carboxylic acids is 1. The van der Waals surface area contributed by atoms with Crippen molar-refractivity contribution in [2.24, 2.45) is 0 Å². The molecule has 0 saturated carbocycles. The van der Waals surface area contributed by atoms with Crippen LogP contribution in [-0.4, -0.2) is 23.0 Å². The van der Waals surface area contributed by atoms with Crippen molar-refractivity contribution in [3.63, 3.8) is 0 Å². The molecule has 0 atom stereocenters. The largest absolute Gasteiger partial charge is 0.481 e. The Morgan fingerprint density at radius 2 is 2.06 bits per heavy atom. The minimum Gasteiger partial charge on any atom is -0.481 e. The van der Waals surface area contributed by atoms with Gasteiger partial charge in [-0.2, -0.15) is 0 Å². The molecular weight excluding hydrogens is 228 g/mol. The van der Waals surface area contributed by atoms with E-state index in [-0.39, 0.29) is 19.4 Å². The lowest BCUT2D eigenvalue weighted by molar-refractivity contribution is -0.138. The summed E-state index contributed by atoms with van der Waals surface area (Å²) in [6.45, 7) is 0.231. The Morgan fingerprint density at radius 3 is 2.65 bits per heavy atom. The molecule has 17 heavy (non-hydrogen) atoms. The van der Waals surface area contributed by atoms with Gasteiger partial charge in [0.1, 0.15) is 0 Å². The summed E-state index contributed by atoms with van der Waals surface area (Å²) < 4.78 is 4.79. The first-order chi connectivity index (χ1) is 8.08. The first-order valence-corrected chi connectivity index (χ1v) is 4.88. The van der Waals surface area contributed by atoms with Gasteiger partial charge in [-0.05, 0) is 6.07 Å². The van der Waals surface area contributed by atoms with E-state index >= 15 is 0 Å². The van der Waals surface area contributed by atoms with E-state index in [1.54, 1.807) is 6.07 Å². The second kappa shape index (κ2) is 6.31. The number of nitrogens with one attached hydrogen (secondary N) is 2. The first-order valence-electron chi connectivity index (χ1n) is 4.88. The lowest BCUT2D eigenvalue weighted by Gasteiger charge is -2.04. The van der Waals surface area contributed by atoms with Crippen molar-refractivity contribution in [2.45, 2.75) is 19.4 Å². The molecule has 1 aromatic rings. The smallest absolute Gasteiger partial charge is 0.321 e. The van der Waals surface area contributed by atoms with Crippen LogP contribution in [0.4, 0.5) is 4.79 Å². The fourth-order valence-electron chi connectivity index (χ4n) is 1.03. The Morgan fingerprint density at radius 1 is 1.29 bits per heavy atom. The van der Waals surface area contributed by atoms with Crippen LogP contribution in [0.15, 0.2) is 23.0 Å². The third-order valence-corrected chi connectivity index (χ3v) is 1.85. The number of hydrogen-bond acceptors (Lipinski definition) is 4. The van der Waals surface area contributed by atoms with Gasteiger partial charge in [0.05, 0.1) is 18.9 Å². The van der Waals surface area contributed by atoms with Crippen molar-refractivity contribution in [2.75, 3.05) is 0 Å². The zero-order chi connectivity index (χ0) is 12.7. The van der Waals surface area contributed by atoms with Crippen LogP contribution in [0.5, 0.6) is 0 Å². The molecule has 92 valence electrons. The highest BCUT2D eigenvalue weighted by Crippen LogP contribution is 1.98. The van der Waals surface area contributed by atoms with Crippen LogP contribution in [0.2, 0.25) is 0 Å². The number of carboxylic acid groups (broad SMARTS) is 1. The van der Waals surface area contributed by atoms with E-state index in [2.05, 4.69) is 5.32 Å². The summed E-state index contributed by atoms with van der Waals surface area (Å²) in [6, 6.07) is 1.01. The third kappa shape index (κ3) is 5.36. The Labute approximate surface area is 96.8 Å². The Kier molecular flexibility index (Phi) is 4.74. The zero-order valence-corrected chi connectivity index (χ0v) is 8.93. The molecule has 0 aliphatic carbocycles. The van der Waals surface area contributed by atoms with Gasteiger partial charge in [-0.15, -0.1) is 0 Å². The van der Waals surface area contributed by atoms with Crippen LogP contribution in [0, 0.1) is 0 Å². The maximum absolute atomic E-state index is 11.2. The standard InChI is InChI=1S/C10H12N2O5/c13-8(1-2-9(14)15)12-10(16)11-5-7-3-4-17-6-7/h3-4,6H,1-2,5H2,(H,14,15)(H2,11,12,13,16). The van der Waals surface area contributed by atoms with Crippen molar-refractivity contribution in [3.05, 3.63) is 24.2 Å². The molecule has 1 heterocycles. The van der Waals surface area contributed by atoms with Gasteiger partial charge in [-0.1, -0.05) is 0 Å². The fourth-order valence-corrected chi connectivity index (χ4v) is 1.03. The van der Waals surface area contributed by atoms with E-state index in [0.29, 0.717) is 0 Å². The average molecular weight is 240 g/mol. The van der Waals surface area contributed by atoms with E-state index in [0.717, 1.165) is 5.56 Å². The highest BCUT2D eigenvalue weighted by atomic mass is 16.4. The van der Waals surface area contributed by atoms with E-state index in [9.17, 15) is 14.4 Å². The third-order valence-electron chi connectivity index (χ3n) is 1.85. The van der Waals surface area contributed by atoms with Gasteiger partial charge in [-0.3, -0.25) is 14.9 Å². The quantitative estimate of drug-likeness (QED) is 0.693. The van der Waals surface area contributed by atoms with Crippen molar-refractivity contribution >= 4 is 17.9 Å².